The van der Waals surface area contributed by atoms with Crippen LogP contribution in [0.3, 0.4) is 0 Å². The van der Waals surface area contributed by atoms with Crippen molar-refractivity contribution in [3.05, 3.63) is 41.5 Å². The summed E-state index contributed by atoms with van der Waals surface area (Å²) in [7, 11) is 0. The van der Waals surface area contributed by atoms with E-state index >= 15 is 0 Å². The van der Waals surface area contributed by atoms with Gasteiger partial charge < -0.3 is 9.80 Å². The lowest BCUT2D eigenvalue weighted by Gasteiger charge is -2.38. The Hall–Kier alpha value is -1.77. The Kier molecular flexibility index (Phi) is 4.51. The largest absolute Gasteiger partial charge is 0.368 e. The van der Waals surface area contributed by atoms with Crippen molar-refractivity contribution in [2.45, 2.75) is 33.1 Å². The smallest absolute Gasteiger partial charge is 0.226 e. The third kappa shape index (κ3) is 3.03. The van der Waals surface area contributed by atoms with Gasteiger partial charge in [0, 0.05) is 37.8 Å². The maximum Gasteiger partial charge on any atom is 0.226 e. The summed E-state index contributed by atoms with van der Waals surface area (Å²) < 4.78 is 0. The molecule has 1 amide bonds. The SMILES string of the molecule is Cc1cccc(N2CCN(C(=O)C3CC=CCC3)CC2)c1C. The number of nitrogens with zero attached hydrogens (tertiary/aromatic N) is 2. The number of anilines is 1. The summed E-state index contributed by atoms with van der Waals surface area (Å²) in [6.45, 7) is 7.95. The highest BCUT2D eigenvalue weighted by molar-refractivity contribution is 5.79. The van der Waals surface area contributed by atoms with Crippen LogP contribution in [-0.4, -0.2) is 37.0 Å². The van der Waals surface area contributed by atoms with Crippen LogP contribution in [0, 0.1) is 19.8 Å². The van der Waals surface area contributed by atoms with Crippen LogP contribution in [0.5, 0.6) is 0 Å². The second-order valence-corrected chi connectivity index (χ2v) is 6.51. The number of benzene rings is 1. The van der Waals surface area contributed by atoms with Gasteiger partial charge in [-0.25, -0.2) is 0 Å². The van der Waals surface area contributed by atoms with E-state index in [1.807, 2.05) is 0 Å². The number of amides is 1. The van der Waals surface area contributed by atoms with E-state index in [1.54, 1.807) is 0 Å². The Labute approximate surface area is 133 Å². The van der Waals surface area contributed by atoms with Gasteiger partial charge in [-0.1, -0.05) is 24.3 Å². The Bertz CT molecular complexity index is 571. The molecule has 1 atom stereocenters. The highest BCUT2D eigenvalue weighted by atomic mass is 16.2. The molecule has 0 bridgehead atoms. The molecule has 1 saturated heterocycles. The van der Waals surface area contributed by atoms with Crippen LogP contribution in [-0.2, 0) is 4.79 Å². The Morgan fingerprint density at radius 3 is 2.55 bits per heavy atom. The molecule has 22 heavy (non-hydrogen) atoms. The fraction of sp³-hybridized carbons (Fsp3) is 0.526. The van der Waals surface area contributed by atoms with Gasteiger partial charge in [0.1, 0.15) is 0 Å². The average Bonchev–Trinajstić information content (AvgIpc) is 2.58. The first-order chi connectivity index (χ1) is 10.7. The van der Waals surface area contributed by atoms with Gasteiger partial charge in [-0.15, -0.1) is 0 Å². The lowest BCUT2D eigenvalue weighted by Crippen LogP contribution is -2.50. The summed E-state index contributed by atoms with van der Waals surface area (Å²) in [6, 6.07) is 6.49. The van der Waals surface area contributed by atoms with E-state index in [0.717, 1.165) is 45.4 Å². The van der Waals surface area contributed by atoms with E-state index in [0.29, 0.717) is 5.91 Å². The molecule has 1 fully saturated rings. The van der Waals surface area contributed by atoms with Crippen LogP contribution in [0.2, 0.25) is 0 Å². The molecule has 3 nitrogen and oxygen atoms in total. The average molecular weight is 298 g/mol. The number of hydrogen-bond acceptors (Lipinski definition) is 2. The number of rotatable bonds is 2. The van der Waals surface area contributed by atoms with E-state index in [4.69, 9.17) is 0 Å². The van der Waals surface area contributed by atoms with Crippen LogP contribution in [0.15, 0.2) is 30.4 Å². The normalized spacial score (nSPS) is 22.0. The van der Waals surface area contributed by atoms with Crippen molar-refractivity contribution in [1.82, 2.24) is 4.90 Å². The second-order valence-electron chi connectivity index (χ2n) is 6.51. The highest BCUT2D eigenvalue weighted by Crippen LogP contribution is 2.25. The third-order valence-electron chi connectivity index (χ3n) is 5.13. The summed E-state index contributed by atoms with van der Waals surface area (Å²) in [6.07, 6.45) is 7.36. The predicted molar refractivity (Wildman–Crippen MR) is 91.2 cm³/mol. The van der Waals surface area contributed by atoms with Crippen molar-refractivity contribution >= 4 is 11.6 Å². The van der Waals surface area contributed by atoms with Gasteiger partial charge in [-0.3, -0.25) is 4.79 Å². The molecule has 1 aliphatic carbocycles. The van der Waals surface area contributed by atoms with Crippen LogP contribution in [0.4, 0.5) is 5.69 Å². The van der Waals surface area contributed by atoms with Crippen LogP contribution in [0.1, 0.15) is 30.4 Å². The van der Waals surface area contributed by atoms with Gasteiger partial charge in [0.05, 0.1) is 0 Å². The molecule has 1 aromatic carbocycles. The number of carbonyl (C=O) groups excluding carboxylic acids is 1. The molecule has 0 saturated carbocycles. The van der Waals surface area contributed by atoms with Gasteiger partial charge in [0.2, 0.25) is 5.91 Å². The number of piperazine rings is 1. The fourth-order valence-corrected chi connectivity index (χ4v) is 3.52. The molecule has 1 heterocycles. The summed E-state index contributed by atoms with van der Waals surface area (Å²) in [4.78, 5) is 17.1. The van der Waals surface area contributed by atoms with E-state index in [-0.39, 0.29) is 5.92 Å². The van der Waals surface area contributed by atoms with E-state index < -0.39 is 0 Å². The molecular weight excluding hydrogens is 272 g/mol. The molecule has 1 aliphatic heterocycles. The molecule has 1 aromatic rings. The van der Waals surface area contributed by atoms with Crippen molar-refractivity contribution in [3.8, 4) is 0 Å². The molecule has 118 valence electrons. The quantitative estimate of drug-likeness (QED) is 0.782. The summed E-state index contributed by atoms with van der Waals surface area (Å²) in [5.41, 5.74) is 4.03. The first kappa shape index (κ1) is 15.1. The van der Waals surface area contributed by atoms with Crippen molar-refractivity contribution < 1.29 is 4.79 Å². The maximum atomic E-state index is 12.6. The third-order valence-corrected chi connectivity index (χ3v) is 5.13. The zero-order chi connectivity index (χ0) is 15.5. The standard InChI is InChI=1S/C19H26N2O/c1-15-7-6-10-18(16(15)2)20-11-13-21(14-12-20)19(22)17-8-4-3-5-9-17/h3-4,6-7,10,17H,5,8-9,11-14H2,1-2H3. The Balaban J connectivity index is 1.61. The molecule has 0 radical (unpaired) electrons. The number of carbonyl (C=O) groups is 1. The van der Waals surface area contributed by atoms with Gasteiger partial charge in [0.25, 0.3) is 0 Å². The minimum absolute atomic E-state index is 0.220. The number of aryl methyl sites for hydroxylation is 1. The van der Waals surface area contributed by atoms with Crippen LogP contribution < -0.4 is 4.90 Å². The molecule has 3 rings (SSSR count). The number of hydrogen-bond donors (Lipinski definition) is 0. The van der Waals surface area contributed by atoms with Gasteiger partial charge in [-0.05, 0) is 50.3 Å². The van der Waals surface area contributed by atoms with E-state index in [2.05, 4.69) is 54.0 Å². The fourth-order valence-electron chi connectivity index (χ4n) is 3.52. The molecule has 1 unspecified atom stereocenters. The monoisotopic (exact) mass is 298 g/mol. The predicted octanol–water partition coefficient (Wildman–Crippen LogP) is 3.31. The zero-order valence-corrected chi connectivity index (χ0v) is 13.7. The van der Waals surface area contributed by atoms with Crippen LogP contribution in [0.25, 0.3) is 0 Å². The van der Waals surface area contributed by atoms with Crippen molar-refractivity contribution in [2.24, 2.45) is 5.92 Å². The van der Waals surface area contributed by atoms with Gasteiger partial charge >= 0.3 is 0 Å². The molecule has 2 aliphatic rings. The molecule has 0 aromatic heterocycles. The van der Waals surface area contributed by atoms with E-state index in [1.165, 1.54) is 16.8 Å². The maximum absolute atomic E-state index is 12.6. The minimum Gasteiger partial charge on any atom is -0.368 e. The summed E-state index contributed by atoms with van der Waals surface area (Å²) in [5, 5.41) is 0. The minimum atomic E-state index is 0.220. The lowest BCUT2D eigenvalue weighted by atomic mass is 9.93. The van der Waals surface area contributed by atoms with Gasteiger partial charge in [-0.2, -0.15) is 0 Å². The van der Waals surface area contributed by atoms with Crippen molar-refractivity contribution in [3.63, 3.8) is 0 Å². The lowest BCUT2D eigenvalue weighted by molar-refractivity contribution is -0.136. The van der Waals surface area contributed by atoms with Crippen molar-refractivity contribution in [2.75, 3.05) is 31.1 Å². The number of allylic oxidation sites excluding steroid dienone is 2. The topological polar surface area (TPSA) is 23.6 Å². The summed E-state index contributed by atoms with van der Waals surface area (Å²) in [5.74, 6) is 0.585. The van der Waals surface area contributed by atoms with Crippen LogP contribution >= 0.6 is 0 Å². The second kappa shape index (κ2) is 6.55. The van der Waals surface area contributed by atoms with E-state index in [9.17, 15) is 4.79 Å². The van der Waals surface area contributed by atoms with Gasteiger partial charge in [0.15, 0.2) is 0 Å². The summed E-state index contributed by atoms with van der Waals surface area (Å²) >= 11 is 0. The first-order valence-corrected chi connectivity index (χ1v) is 8.42. The zero-order valence-electron chi connectivity index (χ0n) is 13.7. The van der Waals surface area contributed by atoms with Crippen molar-refractivity contribution in [1.29, 1.82) is 0 Å². The Morgan fingerprint density at radius 1 is 1.09 bits per heavy atom. The first-order valence-electron chi connectivity index (χ1n) is 8.42. The molecule has 3 heteroatoms. The molecule has 0 spiro atoms. The Morgan fingerprint density at radius 2 is 1.86 bits per heavy atom. The highest BCUT2D eigenvalue weighted by Gasteiger charge is 2.27. The molecule has 0 N–H and O–H groups in total. The molecular formula is C19H26N2O.